The molecule has 0 radical (unpaired) electrons. The Hall–Kier alpha value is -1.62. The standard InChI is InChI=1S/C13H19NO4/c1-4-5-9(2)18-13-7-6-11(14(16)17)8-12(13)10(3)15/h6-10,15H,4-5H2,1-3H3/t9?,10-/m1/s1. The van der Waals surface area contributed by atoms with E-state index in [1.807, 2.05) is 6.92 Å². The van der Waals surface area contributed by atoms with Crippen LogP contribution in [0.15, 0.2) is 18.2 Å². The number of hydrogen-bond donors (Lipinski definition) is 1. The minimum absolute atomic E-state index is 0.0222. The van der Waals surface area contributed by atoms with Gasteiger partial charge in [-0.05, 0) is 26.3 Å². The summed E-state index contributed by atoms with van der Waals surface area (Å²) in [5, 5.41) is 20.3. The summed E-state index contributed by atoms with van der Waals surface area (Å²) in [5.74, 6) is 0.511. The first-order valence-electron chi connectivity index (χ1n) is 6.08. The van der Waals surface area contributed by atoms with Crippen molar-refractivity contribution in [1.29, 1.82) is 0 Å². The predicted molar refractivity (Wildman–Crippen MR) is 68.7 cm³/mol. The number of nitrogens with zero attached hydrogens (tertiary/aromatic N) is 1. The van der Waals surface area contributed by atoms with E-state index in [0.717, 1.165) is 12.8 Å². The lowest BCUT2D eigenvalue weighted by Crippen LogP contribution is -2.13. The summed E-state index contributed by atoms with van der Waals surface area (Å²) in [6.45, 7) is 5.57. The highest BCUT2D eigenvalue weighted by molar-refractivity contribution is 5.44. The van der Waals surface area contributed by atoms with Crippen LogP contribution in [0.5, 0.6) is 5.75 Å². The van der Waals surface area contributed by atoms with Crippen LogP contribution in [0.25, 0.3) is 0 Å². The molecule has 1 N–H and O–H groups in total. The molecule has 0 bridgehead atoms. The van der Waals surface area contributed by atoms with Crippen LogP contribution in [0.4, 0.5) is 5.69 Å². The van der Waals surface area contributed by atoms with Crippen LogP contribution in [0.3, 0.4) is 0 Å². The summed E-state index contributed by atoms with van der Waals surface area (Å²) >= 11 is 0. The van der Waals surface area contributed by atoms with Gasteiger partial charge in [0, 0.05) is 17.7 Å². The SMILES string of the molecule is CCCC(C)Oc1ccc([N+](=O)[O-])cc1[C@@H](C)O. The van der Waals surface area contributed by atoms with E-state index in [1.165, 1.54) is 12.1 Å². The van der Waals surface area contributed by atoms with Gasteiger partial charge >= 0.3 is 0 Å². The zero-order valence-electron chi connectivity index (χ0n) is 10.9. The Balaban J connectivity index is 3.00. The number of ether oxygens (including phenoxy) is 1. The summed E-state index contributed by atoms with van der Waals surface area (Å²) in [5.41, 5.74) is 0.411. The maximum atomic E-state index is 10.7. The van der Waals surface area contributed by atoms with Crippen molar-refractivity contribution in [2.24, 2.45) is 0 Å². The lowest BCUT2D eigenvalue weighted by molar-refractivity contribution is -0.385. The molecule has 0 aliphatic heterocycles. The first-order chi connectivity index (χ1) is 8.45. The second-order valence-electron chi connectivity index (χ2n) is 4.37. The maximum absolute atomic E-state index is 10.7. The molecule has 0 spiro atoms. The molecule has 0 heterocycles. The van der Waals surface area contributed by atoms with Gasteiger partial charge in [-0.15, -0.1) is 0 Å². The van der Waals surface area contributed by atoms with E-state index in [1.54, 1.807) is 13.0 Å². The van der Waals surface area contributed by atoms with Gasteiger partial charge in [0.05, 0.1) is 17.1 Å². The largest absolute Gasteiger partial charge is 0.490 e. The normalized spacial score (nSPS) is 14.0. The van der Waals surface area contributed by atoms with Crippen LogP contribution in [-0.2, 0) is 0 Å². The molecule has 1 aromatic rings. The molecule has 1 rings (SSSR count). The Bertz CT molecular complexity index is 417. The number of rotatable bonds is 6. The third kappa shape index (κ3) is 3.70. The van der Waals surface area contributed by atoms with E-state index in [9.17, 15) is 15.2 Å². The molecule has 0 saturated carbocycles. The Morgan fingerprint density at radius 3 is 2.61 bits per heavy atom. The van der Waals surface area contributed by atoms with Crippen molar-refractivity contribution < 1.29 is 14.8 Å². The third-order valence-corrected chi connectivity index (χ3v) is 2.68. The molecule has 5 nitrogen and oxygen atoms in total. The summed E-state index contributed by atoms with van der Waals surface area (Å²) in [6, 6.07) is 4.30. The number of non-ortho nitro benzene ring substituents is 1. The third-order valence-electron chi connectivity index (χ3n) is 2.68. The molecule has 1 aromatic carbocycles. The molecule has 0 aromatic heterocycles. The highest BCUT2D eigenvalue weighted by Gasteiger charge is 2.16. The first-order valence-corrected chi connectivity index (χ1v) is 6.08. The summed E-state index contributed by atoms with van der Waals surface area (Å²) in [4.78, 5) is 10.2. The van der Waals surface area contributed by atoms with Crippen LogP contribution in [0.2, 0.25) is 0 Å². The predicted octanol–water partition coefficient (Wildman–Crippen LogP) is 3.22. The number of aliphatic hydroxyl groups excluding tert-OH is 1. The molecule has 18 heavy (non-hydrogen) atoms. The van der Waals surface area contributed by atoms with Crippen LogP contribution >= 0.6 is 0 Å². The molecule has 2 atom stereocenters. The zero-order chi connectivity index (χ0) is 13.7. The Kier molecular flexibility index (Phi) is 5.09. The molecule has 100 valence electrons. The summed E-state index contributed by atoms with van der Waals surface area (Å²) in [6.07, 6.45) is 1.12. The van der Waals surface area contributed by atoms with Gasteiger partial charge < -0.3 is 9.84 Å². The van der Waals surface area contributed by atoms with Crippen LogP contribution in [0, 0.1) is 10.1 Å². The van der Waals surface area contributed by atoms with Crippen molar-refractivity contribution >= 4 is 5.69 Å². The number of hydrogen-bond acceptors (Lipinski definition) is 4. The average Bonchev–Trinajstić information content (AvgIpc) is 2.29. The van der Waals surface area contributed by atoms with Crippen molar-refractivity contribution in [2.45, 2.75) is 45.8 Å². The number of aliphatic hydroxyl groups is 1. The van der Waals surface area contributed by atoms with Gasteiger partial charge in [0.2, 0.25) is 0 Å². The number of benzene rings is 1. The van der Waals surface area contributed by atoms with E-state index in [-0.39, 0.29) is 11.8 Å². The van der Waals surface area contributed by atoms with Crippen LogP contribution < -0.4 is 4.74 Å². The fraction of sp³-hybridized carbons (Fsp3) is 0.538. The Morgan fingerprint density at radius 2 is 2.11 bits per heavy atom. The van der Waals surface area contributed by atoms with E-state index >= 15 is 0 Å². The second kappa shape index (κ2) is 6.35. The maximum Gasteiger partial charge on any atom is 0.270 e. The van der Waals surface area contributed by atoms with Gasteiger partial charge in [0.15, 0.2) is 0 Å². The van der Waals surface area contributed by atoms with E-state index in [0.29, 0.717) is 11.3 Å². The first kappa shape index (κ1) is 14.4. The van der Waals surface area contributed by atoms with Gasteiger partial charge in [-0.1, -0.05) is 13.3 Å². The van der Waals surface area contributed by atoms with Gasteiger partial charge in [-0.3, -0.25) is 10.1 Å². The molecule has 5 heteroatoms. The molecule has 0 fully saturated rings. The summed E-state index contributed by atoms with van der Waals surface area (Å²) in [7, 11) is 0. The second-order valence-corrected chi connectivity index (χ2v) is 4.37. The molecular weight excluding hydrogens is 234 g/mol. The molecule has 0 saturated heterocycles. The molecule has 0 amide bonds. The minimum atomic E-state index is -0.797. The van der Waals surface area contributed by atoms with Crippen molar-refractivity contribution in [3.63, 3.8) is 0 Å². The van der Waals surface area contributed by atoms with E-state index in [4.69, 9.17) is 4.74 Å². The molecule has 0 aliphatic rings. The summed E-state index contributed by atoms with van der Waals surface area (Å²) < 4.78 is 5.70. The monoisotopic (exact) mass is 253 g/mol. The topological polar surface area (TPSA) is 72.6 Å². The van der Waals surface area contributed by atoms with Gasteiger partial charge in [0.1, 0.15) is 5.75 Å². The van der Waals surface area contributed by atoms with Gasteiger partial charge in [0.25, 0.3) is 5.69 Å². The Labute approximate surface area is 107 Å². The van der Waals surface area contributed by atoms with Crippen molar-refractivity contribution in [3.8, 4) is 5.75 Å². The lowest BCUT2D eigenvalue weighted by atomic mass is 10.1. The fourth-order valence-electron chi connectivity index (χ4n) is 1.77. The minimum Gasteiger partial charge on any atom is -0.490 e. The average molecular weight is 253 g/mol. The Morgan fingerprint density at radius 1 is 1.44 bits per heavy atom. The van der Waals surface area contributed by atoms with E-state index < -0.39 is 11.0 Å². The van der Waals surface area contributed by atoms with Gasteiger partial charge in [-0.2, -0.15) is 0 Å². The van der Waals surface area contributed by atoms with Crippen LogP contribution in [-0.4, -0.2) is 16.1 Å². The zero-order valence-corrected chi connectivity index (χ0v) is 10.9. The lowest BCUT2D eigenvalue weighted by Gasteiger charge is -2.18. The van der Waals surface area contributed by atoms with Crippen LogP contribution in [0.1, 0.15) is 45.3 Å². The molecular formula is C13H19NO4. The number of nitro groups is 1. The van der Waals surface area contributed by atoms with Crippen molar-refractivity contribution in [3.05, 3.63) is 33.9 Å². The number of nitro benzene ring substituents is 1. The molecule has 1 unspecified atom stereocenters. The van der Waals surface area contributed by atoms with E-state index in [2.05, 4.69) is 6.92 Å². The van der Waals surface area contributed by atoms with Gasteiger partial charge in [-0.25, -0.2) is 0 Å². The molecule has 0 aliphatic carbocycles. The highest BCUT2D eigenvalue weighted by Crippen LogP contribution is 2.30. The van der Waals surface area contributed by atoms with Crippen molar-refractivity contribution in [2.75, 3.05) is 0 Å². The quantitative estimate of drug-likeness (QED) is 0.624. The fourth-order valence-corrected chi connectivity index (χ4v) is 1.77. The smallest absolute Gasteiger partial charge is 0.270 e. The highest BCUT2D eigenvalue weighted by atomic mass is 16.6. The van der Waals surface area contributed by atoms with Crippen molar-refractivity contribution in [1.82, 2.24) is 0 Å².